The van der Waals surface area contributed by atoms with Crippen molar-refractivity contribution in [2.75, 3.05) is 13.2 Å². The van der Waals surface area contributed by atoms with Crippen LogP contribution in [0, 0.1) is 0 Å². The Balaban J connectivity index is 1.78. The molecule has 0 fully saturated rings. The van der Waals surface area contributed by atoms with Crippen LogP contribution >= 0.6 is 11.6 Å². The average molecular weight is 414 g/mol. The molecule has 0 aliphatic carbocycles. The number of amides is 1. The van der Waals surface area contributed by atoms with Gasteiger partial charge in [-0.2, -0.15) is 0 Å². The molecule has 29 heavy (non-hydrogen) atoms. The van der Waals surface area contributed by atoms with E-state index in [1.165, 1.54) is 0 Å². The highest BCUT2D eigenvalue weighted by atomic mass is 35.5. The minimum absolute atomic E-state index is 0.240. The number of hydrogen-bond donors (Lipinski definition) is 1. The van der Waals surface area contributed by atoms with Gasteiger partial charge < -0.3 is 19.4 Å². The number of imidazole rings is 1. The molecule has 152 valence electrons. The van der Waals surface area contributed by atoms with E-state index in [1.54, 1.807) is 24.7 Å². The molecular weight excluding hydrogens is 390 g/mol. The maximum Gasteiger partial charge on any atom is 0.251 e. The highest BCUT2D eigenvalue weighted by Crippen LogP contribution is 2.36. The zero-order chi connectivity index (χ0) is 20.6. The standard InChI is InChI=1S/C22H24ClN3O3/c1-3-11-29-21-18(23)12-17(13-20(21)28-4-2)22(27)25-14-16-7-5-6-8-19(16)26-10-9-24-15-26/h5-10,12-13,15H,3-4,11,14H2,1-2H3,(H,25,27). The second kappa shape index (κ2) is 9.98. The summed E-state index contributed by atoms with van der Waals surface area (Å²) in [7, 11) is 0. The van der Waals surface area contributed by atoms with Crippen LogP contribution in [0.25, 0.3) is 5.69 Å². The van der Waals surface area contributed by atoms with Crippen molar-refractivity contribution in [2.45, 2.75) is 26.8 Å². The quantitative estimate of drug-likeness (QED) is 0.554. The summed E-state index contributed by atoms with van der Waals surface area (Å²) in [5.41, 5.74) is 2.35. The predicted octanol–water partition coefficient (Wildman–Crippen LogP) is 4.64. The molecule has 7 heteroatoms. The van der Waals surface area contributed by atoms with Crippen LogP contribution in [0.1, 0.15) is 36.2 Å². The van der Waals surface area contributed by atoms with E-state index in [2.05, 4.69) is 10.3 Å². The van der Waals surface area contributed by atoms with E-state index >= 15 is 0 Å². The van der Waals surface area contributed by atoms with Gasteiger partial charge in [-0.05, 0) is 37.1 Å². The van der Waals surface area contributed by atoms with Gasteiger partial charge in [-0.3, -0.25) is 4.79 Å². The number of aromatic nitrogens is 2. The third-order valence-corrected chi connectivity index (χ3v) is 4.52. The number of nitrogens with zero attached hydrogens (tertiary/aromatic N) is 2. The number of carbonyl (C=O) groups excluding carboxylic acids is 1. The Labute approximate surface area is 175 Å². The molecule has 0 bridgehead atoms. The highest BCUT2D eigenvalue weighted by molar-refractivity contribution is 6.32. The molecule has 1 amide bonds. The molecule has 2 aromatic carbocycles. The Morgan fingerprint density at radius 1 is 1.21 bits per heavy atom. The van der Waals surface area contributed by atoms with E-state index in [1.807, 2.05) is 48.9 Å². The van der Waals surface area contributed by atoms with Crippen LogP contribution < -0.4 is 14.8 Å². The minimum Gasteiger partial charge on any atom is -0.490 e. The van der Waals surface area contributed by atoms with Crippen LogP contribution in [-0.4, -0.2) is 28.7 Å². The molecular formula is C22H24ClN3O3. The minimum atomic E-state index is -0.240. The molecule has 1 aromatic heterocycles. The average Bonchev–Trinajstić information content (AvgIpc) is 3.26. The Kier molecular flexibility index (Phi) is 7.14. The second-order valence-electron chi connectivity index (χ2n) is 6.35. The van der Waals surface area contributed by atoms with E-state index in [9.17, 15) is 4.79 Å². The zero-order valence-corrected chi connectivity index (χ0v) is 17.3. The third-order valence-electron chi connectivity index (χ3n) is 4.24. The van der Waals surface area contributed by atoms with Crippen molar-refractivity contribution in [3.63, 3.8) is 0 Å². The van der Waals surface area contributed by atoms with E-state index in [4.69, 9.17) is 21.1 Å². The third kappa shape index (κ3) is 5.09. The monoisotopic (exact) mass is 413 g/mol. The van der Waals surface area contributed by atoms with Crippen LogP contribution in [0.3, 0.4) is 0 Å². The Bertz CT molecular complexity index is 958. The fraction of sp³-hybridized carbons (Fsp3) is 0.273. The van der Waals surface area contributed by atoms with Gasteiger partial charge in [0.15, 0.2) is 11.5 Å². The maximum absolute atomic E-state index is 12.8. The molecule has 0 saturated heterocycles. The van der Waals surface area contributed by atoms with Gasteiger partial charge in [-0.25, -0.2) is 4.98 Å². The lowest BCUT2D eigenvalue weighted by molar-refractivity contribution is 0.0950. The summed E-state index contributed by atoms with van der Waals surface area (Å²) in [4.78, 5) is 16.8. The van der Waals surface area contributed by atoms with Crippen LogP contribution in [-0.2, 0) is 6.54 Å². The number of rotatable bonds is 9. The number of hydrogen-bond acceptors (Lipinski definition) is 4. The highest BCUT2D eigenvalue weighted by Gasteiger charge is 2.16. The van der Waals surface area contributed by atoms with Crippen molar-refractivity contribution < 1.29 is 14.3 Å². The first-order valence-corrected chi connectivity index (χ1v) is 9.95. The molecule has 0 aliphatic heterocycles. The Morgan fingerprint density at radius 3 is 2.76 bits per heavy atom. The van der Waals surface area contributed by atoms with Crippen LogP contribution in [0.4, 0.5) is 0 Å². The first-order valence-electron chi connectivity index (χ1n) is 9.57. The molecule has 0 spiro atoms. The van der Waals surface area contributed by atoms with Crippen molar-refractivity contribution in [1.82, 2.24) is 14.9 Å². The van der Waals surface area contributed by atoms with Gasteiger partial charge in [0.1, 0.15) is 0 Å². The molecule has 0 aliphatic rings. The van der Waals surface area contributed by atoms with Crippen molar-refractivity contribution in [3.8, 4) is 17.2 Å². The van der Waals surface area contributed by atoms with Crippen LogP contribution in [0.5, 0.6) is 11.5 Å². The number of halogens is 1. The summed E-state index contributed by atoms with van der Waals surface area (Å²) < 4.78 is 13.2. The molecule has 0 radical (unpaired) electrons. The number of nitrogens with one attached hydrogen (secondary N) is 1. The normalized spacial score (nSPS) is 10.6. The summed E-state index contributed by atoms with van der Waals surface area (Å²) in [5, 5.41) is 3.30. The lowest BCUT2D eigenvalue weighted by Gasteiger charge is -2.15. The molecule has 1 N–H and O–H groups in total. The molecule has 6 nitrogen and oxygen atoms in total. The largest absolute Gasteiger partial charge is 0.490 e. The van der Waals surface area contributed by atoms with Crippen LogP contribution in [0.15, 0.2) is 55.1 Å². The van der Waals surface area contributed by atoms with E-state index in [0.29, 0.717) is 41.8 Å². The Hall–Kier alpha value is -2.99. The fourth-order valence-electron chi connectivity index (χ4n) is 2.90. The van der Waals surface area contributed by atoms with Gasteiger partial charge >= 0.3 is 0 Å². The topological polar surface area (TPSA) is 65.4 Å². The molecule has 0 atom stereocenters. The number of para-hydroxylation sites is 1. The summed E-state index contributed by atoms with van der Waals surface area (Å²) in [6, 6.07) is 11.1. The molecule has 0 saturated carbocycles. The fourth-order valence-corrected chi connectivity index (χ4v) is 3.16. The molecule has 3 aromatic rings. The van der Waals surface area contributed by atoms with Crippen molar-refractivity contribution >= 4 is 17.5 Å². The van der Waals surface area contributed by atoms with Gasteiger partial charge in [-0.15, -0.1) is 0 Å². The first kappa shape index (κ1) is 20.7. The molecule has 0 unspecified atom stereocenters. The van der Waals surface area contributed by atoms with Gasteiger partial charge in [0.05, 0.1) is 30.3 Å². The van der Waals surface area contributed by atoms with Gasteiger partial charge in [0.2, 0.25) is 0 Å². The van der Waals surface area contributed by atoms with Crippen molar-refractivity contribution in [2.24, 2.45) is 0 Å². The SMILES string of the molecule is CCCOc1c(Cl)cc(C(=O)NCc2ccccc2-n2ccnc2)cc1OCC. The van der Waals surface area contributed by atoms with Crippen LogP contribution in [0.2, 0.25) is 5.02 Å². The zero-order valence-electron chi connectivity index (χ0n) is 16.5. The summed E-state index contributed by atoms with van der Waals surface area (Å²) in [5.74, 6) is 0.699. The summed E-state index contributed by atoms with van der Waals surface area (Å²) in [6.07, 6.45) is 6.16. The number of carbonyl (C=O) groups is 1. The second-order valence-corrected chi connectivity index (χ2v) is 6.76. The van der Waals surface area contributed by atoms with Crippen molar-refractivity contribution in [1.29, 1.82) is 0 Å². The lowest BCUT2D eigenvalue weighted by atomic mass is 10.1. The summed E-state index contributed by atoms with van der Waals surface area (Å²) >= 11 is 6.36. The lowest BCUT2D eigenvalue weighted by Crippen LogP contribution is -2.23. The van der Waals surface area contributed by atoms with E-state index in [-0.39, 0.29) is 5.91 Å². The van der Waals surface area contributed by atoms with E-state index in [0.717, 1.165) is 17.7 Å². The van der Waals surface area contributed by atoms with E-state index < -0.39 is 0 Å². The number of benzene rings is 2. The smallest absolute Gasteiger partial charge is 0.251 e. The molecule has 3 rings (SSSR count). The number of ether oxygens (including phenoxy) is 2. The Morgan fingerprint density at radius 2 is 2.03 bits per heavy atom. The van der Waals surface area contributed by atoms with Gasteiger partial charge in [0.25, 0.3) is 5.91 Å². The predicted molar refractivity (Wildman–Crippen MR) is 113 cm³/mol. The first-order chi connectivity index (χ1) is 14.1. The molecule has 1 heterocycles. The maximum atomic E-state index is 12.8. The summed E-state index contributed by atoms with van der Waals surface area (Å²) in [6.45, 7) is 5.22. The van der Waals surface area contributed by atoms with Gasteiger partial charge in [0, 0.05) is 24.5 Å². The van der Waals surface area contributed by atoms with Gasteiger partial charge in [-0.1, -0.05) is 36.7 Å². The van der Waals surface area contributed by atoms with Crippen molar-refractivity contribution in [3.05, 3.63) is 71.3 Å².